The van der Waals surface area contributed by atoms with Crippen LogP contribution < -0.4 is 0 Å². The van der Waals surface area contributed by atoms with Crippen molar-refractivity contribution in [3.8, 4) is 0 Å². The van der Waals surface area contributed by atoms with Crippen LogP contribution in [0.4, 0.5) is 0 Å². The summed E-state index contributed by atoms with van der Waals surface area (Å²) in [6.07, 6.45) is 8.40. The van der Waals surface area contributed by atoms with Gasteiger partial charge in [-0.05, 0) is 47.0 Å². The summed E-state index contributed by atoms with van der Waals surface area (Å²) in [6, 6.07) is 4.02. The molecule has 1 aromatic heterocycles. The van der Waals surface area contributed by atoms with Crippen molar-refractivity contribution in [1.82, 2.24) is 4.90 Å². The third kappa shape index (κ3) is 3.96. The molecule has 2 rings (SSSR count). The van der Waals surface area contributed by atoms with Gasteiger partial charge >= 0.3 is 0 Å². The summed E-state index contributed by atoms with van der Waals surface area (Å²) in [5.74, 6) is 0.149. The van der Waals surface area contributed by atoms with Crippen LogP contribution in [-0.2, 0) is 4.79 Å². The van der Waals surface area contributed by atoms with Gasteiger partial charge in [0, 0.05) is 24.0 Å². The van der Waals surface area contributed by atoms with E-state index in [2.05, 4.69) is 15.9 Å². The number of rotatable bonds is 2. The summed E-state index contributed by atoms with van der Waals surface area (Å²) >= 11 is 5.05. The molecule has 2 nitrogen and oxygen atoms in total. The van der Waals surface area contributed by atoms with Crippen LogP contribution in [0.3, 0.4) is 0 Å². The molecular weight excluding hydrogens is 298 g/mol. The summed E-state index contributed by atoms with van der Waals surface area (Å²) in [5, 5.41) is 0. The Hall–Kier alpha value is -0.610. The summed E-state index contributed by atoms with van der Waals surface area (Å²) in [4.78, 5) is 15.0. The highest BCUT2D eigenvalue weighted by Crippen LogP contribution is 2.23. The molecule has 1 aliphatic rings. The monoisotopic (exact) mass is 313 g/mol. The van der Waals surface area contributed by atoms with Crippen LogP contribution >= 0.6 is 27.3 Å². The van der Waals surface area contributed by atoms with Gasteiger partial charge in [-0.3, -0.25) is 4.79 Å². The van der Waals surface area contributed by atoms with Crippen molar-refractivity contribution >= 4 is 39.2 Å². The Bertz CT molecular complexity index is 405. The second-order valence-corrected chi connectivity index (χ2v) is 6.71. The van der Waals surface area contributed by atoms with Gasteiger partial charge in [0.15, 0.2) is 0 Å². The van der Waals surface area contributed by atoms with Crippen LogP contribution in [0.5, 0.6) is 0 Å². The number of carbonyl (C=O) groups is 1. The van der Waals surface area contributed by atoms with Crippen LogP contribution in [0.1, 0.15) is 30.6 Å². The Kier molecular flexibility index (Phi) is 4.80. The second-order valence-electron chi connectivity index (χ2n) is 4.21. The molecule has 0 atom stereocenters. The number of hydrogen-bond donors (Lipinski definition) is 0. The van der Waals surface area contributed by atoms with Gasteiger partial charge in [0.2, 0.25) is 5.91 Å². The van der Waals surface area contributed by atoms with E-state index < -0.39 is 0 Å². The predicted molar refractivity (Wildman–Crippen MR) is 76.1 cm³/mol. The highest BCUT2D eigenvalue weighted by Gasteiger charge is 2.12. The lowest BCUT2D eigenvalue weighted by atomic mass is 10.2. The van der Waals surface area contributed by atoms with Crippen LogP contribution in [0.2, 0.25) is 0 Å². The van der Waals surface area contributed by atoms with Gasteiger partial charge in [-0.2, -0.15) is 0 Å². The van der Waals surface area contributed by atoms with Crippen LogP contribution in [0.15, 0.2) is 22.0 Å². The molecule has 0 radical (unpaired) electrons. The van der Waals surface area contributed by atoms with E-state index in [1.807, 2.05) is 23.1 Å². The van der Waals surface area contributed by atoms with Crippen molar-refractivity contribution in [2.24, 2.45) is 0 Å². The molecule has 17 heavy (non-hydrogen) atoms. The van der Waals surface area contributed by atoms with Crippen molar-refractivity contribution < 1.29 is 4.79 Å². The zero-order valence-corrected chi connectivity index (χ0v) is 12.1. The zero-order valence-electron chi connectivity index (χ0n) is 9.69. The maximum atomic E-state index is 12.0. The largest absolute Gasteiger partial charge is 0.339 e. The average molecular weight is 314 g/mol. The van der Waals surface area contributed by atoms with Gasteiger partial charge in [0.05, 0.1) is 3.79 Å². The summed E-state index contributed by atoms with van der Waals surface area (Å²) in [7, 11) is 0. The molecule has 4 heteroatoms. The fourth-order valence-electron chi connectivity index (χ4n) is 1.97. The van der Waals surface area contributed by atoms with Crippen LogP contribution in [-0.4, -0.2) is 23.9 Å². The second kappa shape index (κ2) is 6.36. The first kappa shape index (κ1) is 12.8. The molecule has 0 N–H and O–H groups in total. The van der Waals surface area contributed by atoms with E-state index in [9.17, 15) is 4.79 Å². The molecule has 1 aromatic rings. The molecule has 1 fully saturated rings. The Labute approximate surface area is 114 Å². The minimum Gasteiger partial charge on any atom is -0.339 e. The maximum absolute atomic E-state index is 12.0. The standard InChI is InChI=1S/C13H16BrNOS/c14-12-7-5-11(17-12)6-8-13(16)15-9-3-1-2-4-10-15/h5-8H,1-4,9-10H2/b8-6+. The number of hydrogen-bond acceptors (Lipinski definition) is 2. The first-order chi connectivity index (χ1) is 8.25. The van der Waals surface area contributed by atoms with Gasteiger partial charge in [-0.25, -0.2) is 0 Å². The van der Waals surface area contributed by atoms with Crippen molar-refractivity contribution in [2.75, 3.05) is 13.1 Å². The number of carbonyl (C=O) groups excluding carboxylic acids is 1. The third-order valence-electron chi connectivity index (χ3n) is 2.90. The zero-order chi connectivity index (χ0) is 12.1. The summed E-state index contributed by atoms with van der Waals surface area (Å²) in [6.45, 7) is 1.83. The Morgan fingerprint density at radius 3 is 2.53 bits per heavy atom. The lowest BCUT2D eigenvalue weighted by molar-refractivity contribution is -0.125. The molecule has 0 bridgehead atoms. The number of halogens is 1. The average Bonchev–Trinajstić information content (AvgIpc) is 2.58. The molecule has 1 aliphatic heterocycles. The summed E-state index contributed by atoms with van der Waals surface area (Å²) in [5.41, 5.74) is 0. The highest BCUT2D eigenvalue weighted by atomic mass is 79.9. The van der Waals surface area contributed by atoms with E-state index in [0.717, 1.165) is 34.6 Å². The quantitative estimate of drug-likeness (QED) is 0.758. The predicted octanol–water partition coefficient (Wildman–Crippen LogP) is 3.93. The maximum Gasteiger partial charge on any atom is 0.246 e. The Balaban J connectivity index is 1.93. The first-order valence-electron chi connectivity index (χ1n) is 5.98. The smallest absolute Gasteiger partial charge is 0.246 e. The van der Waals surface area contributed by atoms with Crippen LogP contribution in [0.25, 0.3) is 6.08 Å². The van der Waals surface area contributed by atoms with E-state index in [-0.39, 0.29) is 5.91 Å². The lowest BCUT2D eigenvalue weighted by Crippen LogP contribution is -2.30. The molecule has 1 saturated heterocycles. The van der Waals surface area contributed by atoms with E-state index in [0.29, 0.717) is 0 Å². The molecular formula is C13H16BrNOS. The SMILES string of the molecule is O=C(/C=C/c1ccc(Br)s1)N1CCCCCC1. The van der Waals surface area contributed by atoms with E-state index >= 15 is 0 Å². The minimum absolute atomic E-state index is 0.149. The van der Waals surface area contributed by atoms with Gasteiger partial charge in [0.25, 0.3) is 0 Å². The van der Waals surface area contributed by atoms with E-state index in [1.54, 1.807) is 17.4 Å². The molecule has 1 amide bonds. The molecule has 0 unspecified atom stereocenters. The fraction of sp³-hybridized carbons (Fsp3) is 0.462. The third-order valence-corrected chi connectivity index (χ3v) is 4.49. The van der Waals surface area contributed by atoms with Gasteiger partial charge < -0.3 is 4.90 Å². The topological polar surface area (TPSA) is 20.3 Å². The number of nitrogens with zero attached hydrogens (tertiary/aromatic N) is 1. The molecule has 2 heterocycles. The molecule has 0 saturated carbocycles. The van der Waals surface area contributed by atoms with Gasteiger partial charge in [-0.1, -0.05) is 12.8 Å². The van der Waals surface area contributed by atoms with E-state index in [1.165, 1.54) is 12.8 Å². The molecule has 92 valence electrons. The lowest BCUT2D eigenvalue weighted by Gasteiger charge is -2.17. The first-order valence-corrected chi connectivity index (χ1v) is 7.59. The van der Waals surface area contributed by atoms with Crippen molar-refractivity contribution in [3.05, 3.63) is 26.9 Å². The van der Waals surface area contributed by atoms with Crippen molar-refractivity contribution in [3.63, 3.8) is 0 Å². The number of likely N-dealkylation sites (tertiary alicyclic amines) is 1. The highest BCUT2D eigenvalue weighted by molar-refractivity contribution is 9.11. The Morgan fingerprint density at radius 1 is 1.24 bits per heavy atom. The Morgan fingerprint density at radius 2 is 1.94 bits per heavy atom. The normalized spacial score (nSPS) is 17.4. The van der Waals surface area contributed by atoms with E-state index in [4.69, 9.17) is 0 Å². The molecule has 0 spiro atoms. The minimum atomic E-state index is 0.149. The van der Waals surface area contributed by atoms with Crippen molar-refractivity contribution in [2.45, 2.75) is 25.7 Å². The fourth-order valence-corrected chi connectivity index (χ4v) is 3.29. The number of amides is 1. The number of thiophene rings is 1. The van der Waals surface area contributed by atoms with Gasteiger partial charge in [-0.15, -0.1) is 11.3 Å². The van der Waals surface area contributed by atoms with Crippen LogP contribution in [0, 0.1) is 0 Å². The summed E-state index contributed by atoms with van der Waals surface area (Å²) < 4.78 is 1.10. The molecule has 0 aromatic carbocycles. The molecule has 0 aliphatic carbocycles. The van der Waals surface area contributed by atoms with Crippen molar-refractivity contribution in [1.29, 1.82) is 0 Å². The van der Waals surface area contributed by atoms with Gasteiger partial charge in [0.1, 0.15) is 0 Å².